The van der Waals surface area contributed by atoms with Crippen molar-refractivity contribution in [3.8, 4) is 0 Å². The van der Waals surface area contributed by atoms with E-state index in [9.17, 15) is 0 Å². The smallest absolute Gasteiger partial charge is 0.0512 e. The van der Waals surface area contributed by atoms with Crippen LogP contribution in [0.2, 0.25) is 0 Å². The highest BCUT2D eigenvalue weighted by atomic mass is 32.1. The number of nitrogens with zero attached hydrogens (tertiary/aromatic N) is 1. The molecule has 92 valence electrons. The molecule has 1 N–H and O–H groups in total. The largest absolute Gasteiger partial charge is 0.309 e. The van der Waals surface area contributed by atoms with Crippen molar-refractivity contribution in [3.05, 3.63) is 21.9 Å². The molecule has 1 heterocycles. The van der Waals surface area contributed by atoms with Crippen molar-refractivity contribution < 1.29 is 0 Å². The number of hydrogen-bond donors (Lipinski definition) is 1. The molecule has 0 aromatic carbocycles. The summed E-state index contributed by atoms with van der Waals surface area (Å²) in [7, 11) is 4.29. The lowest BCUT2D eigenvalue weighted by molar-refractivity contribution is 0.139. The first-order valence-corrected chi connectivity index (χ1v) is 6.74. The van der Waals surface area contributed by atoms with E-state index in [1.165, 1.54) is 10.4 Å². The maximum atomic E-state index is 3.61. The fourth-order valence-corrected chi connectivity index (χ4v) is 2.64. The normalized spacial score (nSPS) is 14.4. The molecule has 0 radical (unpaired) electrons. The van der Waals surface area contributed by atoms with E-state index in [1.807, 2.05) is 11.3 Å². The highest BCUT2D eigenvalue weighted by Crippen LogP contribution is 2.33. The molecule has 1 aromatic rings. The van der Waals surface area contributed by atoms with Crippen molar-refractivity contribution in [1.82, 2.24) is 10.2 Å². The van der Waals surface area contributed by atoms with E-state index in [0.29, 0.717) is 6.04 Å². The van der Waals surface area contributed by atoms with Crippen LogP contribution in [0.4, 0.5) is 0 Å². The minimum Gasteiger partial charge on any atom is -0.309 e. The quantitative estimate of drug-likeness (QED) is 0.851. The average Bonchev–Trinajstić information content (AvgIpc) is 2.60. The molecule has 16 heavy (non-hydrogen) atoms. The van der Waals surface area contributed by atoms with Gasteiger partial charge in [-0.05, 0) is 58.4 Å². The molecule has 1 unspecified atom stereocenters. The summed E-state index contributed by atoms with van der Waals surface area (Å²) in [6.45, 7) is 9.95. The molecule has 2 nitrogen and oxygen atoms in total. The van der Waals surface area contributed by atoms with E-state index in [0.717, 1.165) is 6.54 Å². The van der Waals surface area contributed by atoms with E-state index in [1.54, 1.807) is 0 Å². The molecule has 1 atom stereocenters. The summed E-state index contributed by atoms with van der Waals surface area (Å²) in [5, 5.41) is 5.79. The third-order valence-electron chi connectivity index (χ3n) is 3.48. The second-order valence-corrected chi connectivity index (χ2v) is 6.09. The molecular formula is C13H24N2S. The molecule has 1 aromatic heterocycles. The number of nitrogens with one attached hydrogen (secondary N) is 1. The summed E-state index contributed by atoms with van der Waals surface area (Å²) in [6.07, 6.45) is 0. The van der Waals surface area contributed by atoms with Gasteiger partial charge in [0.1, 0.15) is 0 Å². The zero-order chi connectivity index (χ0) is 12.3. The molecule has 1 rings (SSSR count). The summed E-state index contributed by atoms with van der Waals surface area (Å²) >= 11 is 1.83. The molecule has 3 heteroatoms. The molecule has 0 aliphatic rings. The summed E-state index contributed by atoms with van der Waals surface area (Å²) < 4.78 is 0. The van der Waals surface area contributed by atoms with Crippen LogP contribution in [0.5, 0.6) is 0 Å². The Morgan fingerprint density at radius 3 is 2.44 bits per heavy atom. The minimum absolute atomic E-state index is 0.113. The Kier molecular flexibility index (Phi) is 4.53. The Balaban J connectivity index is 3.05. The topological polar surface area (TPSA) is 15.3 Å². The van der Waals surface area contributed by atoms with Crippen LogP contribution < -0.4 is 5.32 Å². The van der Waals surface area contributed by atoms with Gasteiger partial charge in [-0.15, -0.1) is 11.3 Å². The first-order chi connectivity index (χ1) is 7.41. The predicted molar refractivity (Wildman–Crippen MR) is 73.2 cm³/mol. The van der Waals surface area contributed by atoms with E-state index in [4.69, 9.17) is 0 Å². The summed E-state index contributed by atoms with van der Waals surface area (Å²) in [4.78, 5) is 3.71. The third-order valence-corrected chi connectivity index (χ3v) is 4.34. The SMILES string of the molecule is CCNC(c1ccsc1C)C(C)(C)N(C)C. The summed E-state index contributed by atoms with van der Waals surface area (Å²) in [6, 6.07) is 2.64. The van der Waals surface area contributed by atoms with Gasteiger partial charge in [-0.2, -0.15) is 0 Å². The molecule has 0 aliphatic carbocycles. The lowest BCUT2D eigenvalue weighted by atomic mass is 9.87. The van der Waals surface area contributed by atoms with Crippen molar-refractivity contribution in [1.29, 1.82) is 0 Å². The van der Waals surface area contributed by atoms with Crippen LogP contribution in [0.1, 0.15) is 37.3 Å². The number of aryl methyl sites for hydroxylation is 1. The van der Waals surface area contributed by atoms with Gasteiger partial charge >= 0.3 is 0 Å². The molecule has 0 fully saturated rings. The lowest BCUT2D eigenvalue weighted by Crippen LogP contribution is -2.49. The van der Waals surface area contributed by atoms with Gasteiger partial charge in [-0.25, -0.2) is 0 Å². The highest BCUT2D eigenvalue weighted by Gasteiger charge is 2.33. The van der Waals surface area contributed by atoms with Gasteiger partial charge in [-0.3, -0.25) is 0 Å². The maximum Gasteiger partial charge on any atom is 0.0512 e. The Hall–Kier alpha value is -0.380. The summed E-state index contributed by atoms with van der Waals surface area (Å²) in [5.74, 6) is 0. The standard InChI is InChI=1S/C13H24N2S/c1-7-14-12(13(3,4)15(5)6)11-8-9-16-10(11)2/h8-9,12,14H,7H2,1-6H3. The fourth-order valence-electron chi connectivity index (χ4n) is 1.90. The fraction of sp³-hybridized carbons (Fsp3) is 0.692. The lowest BCUT2D eigenvalue weighted by Gasteiger charge is -2.40. The monoisotopic (exact) mass is 240 g/mol. The van der Waals surface area contributed by atoms with E-state index in [2.05, 4.69) is 63.5 Å². The molecule has 0 spiro atoms. The van der Waals surface area contributed by atoms with Crippen LogP contribution in [0.15, 0.2) is 11.4 Å². The number of rotatable bonds is 5. The number of likely N-dealkylation sites (N-methyl/N-ethyl adjacent to an activating group) is 2. The molecule has 0 saturated heterocycles. The van der Waals surface area contributed by atoms with Gasteiger partial charge in [0, 0.05) is 10.4 Å². The Morgan fingerprint density at radius 2 is 2.06 bits per heavy atom. The van der Waals surface area contributed by atoms with Gasteiger partial charge in [0.2, 0.25) is 0 Å². The Labute approximate surface area is 104 Å². The van der Waals surface area contributed by atoms with Crippen LogP contribution in [0, 0.1) is 6.92 Å². The van der Waals surface area contributed by atoms with Crippen molar-refractivity contribution in [2.24, 2.45) is 0 Å². The molecule has 0 saturated carbocycles. The second-order valence-electron chi connectivity index (χ2n) is 4.97. The first-order valence-electron chi connectivity index (χ1n) is 5.86. The molecule has 0 aliphatic heterocycles. The van der Waals surface area contributed by atoms with Crippen molar-refractivity contribution >= 4 is 11.3 Å². The number of thiophene rings is 1. The van der Waals surface area contributed by atoms with Crippen LogP contribution >= 0.6 is 11.3 Å². The zero-order valence-corrected chi connectivity index (χ0v) is 12.1. The van der Waals surface area contributed by atoms with Gasteiger partial charge in [0.05, 0.1) is 6.04 Å². The molecular weight excluding hydrogens is 216 g/mol. The van der Waals surface area contributed by atoms with Crippen LogP contribution in [-0.2, 0) is 0 Å². The van der Waals surface area contributed by atoms with Gasteiger partial charge in [-0.1, -0.05) is 6.92 Å². The van der Waals surface area contributed by atoms with E-state index in [-0.39, 0.29) is 5.54 Å². The predicted octanol–water partition coefficient (Wildman–Crippen LogP) is 3.05. The van der Waals surface area contributed by atoms with E-state index >= 15 is 0 Å². The van der Waals surface area contributed by atoms with Gasteiger partial charge < -0.3 is 10.2 Å². The Bertz CT molecular complexity index is 328. The Morgan fingerprint density at radius 1 is 1.44 bits per heavy atom. The van der Waals surface area contributed by atoms with Crippen LogP contribution in [0.25, 0.3) is 0 Å². The zero-order valence-electron chi connectivity index (χ0n) is 11.3. The third kappa shape index (κ3) is 2.65. The van der Waals surface area contributed by atoms with Gasteiger partial charge in [0.15, 0.2) is 0 Å². The minimum atomic E-state index is 0.113. The average molecular weight is 240 g/mol. The molecule has 0 amide bonds. The summed E-state index contributed by atoms with van der Waals surface area (Å²) in [5.41, 5.74) is 1.55. The first kappa shape index (κ1) is 13.7. The van der Waals surface area contributed by atoms with Gasteiger partial charge in [0.25, 0.3) is 0 Å². The molecule has 0 bridgehead atoms. The van der Waals surface area contributed by atoms with Crippen molar-refractivity contribution in [3.63, 3.8) is 0 Å². The van der Waals surface area contributed by atoms with Crippen LogP contribution in [0.3, 0.4) is 0 Å². The van der Waals surface area contributed by atoms with Crippen molar-refractivity contribution in [2.75, 3.05) is 20.6 Å². The van der Waals surface area contributed by atoms with E-state index < -0.39 is 0 Å². The maximum absolute atomic E-state index is 3.61. The highest BCUT2D eigenvalue weighted by molar-refractivity contribution is 7.10. The van der Waals surface area contributed by atoms with Crippen LogP contribution in [-0.4, -0.2) is 31.1 Å². The second kappa shape index (κ2) is 5.30. The van der Waals surface area contributed by atoms with Crippen molar-refractivity contribution in [2.45, 2.75) is 39.3 Å². The number of hydrogen-bond acceptors (Lipinski definition) is 3.